The van der Waals surface area contributed by atoms with E-state index in [1.54, 1.807) is 24.3 Å². The summed E-state index contributed by atoms with van der Waals surface area (Å²) < 4.78 is 5.07. The van der Waals surface area contributed by atoms with Crippen LogP contribution in [0.3, 0.4) is 0 Å². The average Bonchev–Trinajstić information content (AvgIpc) is 3.50. The second kappa shape index (κ2) is 9.33. The normalized spacial score (nSPS) is 12.1. The maximum Gasteiger partial charge on any atom is 0.338 e. The Morgan fingerprint density at radius 3 is 2.50 bits per heavy atom. The number of hydrogen-bond acceptors (Lipinski definition) is 7. The fraction of sp³-hybridized carbons (Fsp3) is 0.182. The van der Waals surface area contributed by atoms with E-state index in [1.807, 2.05) is 5.38 Å². The van der Waals surface area contributed by atoms with Gasteiger partial charge in [-0.15, -0.1) is 22.7 Å². The summed E-state index contributed by atoms with van der Waals surface area (Å²) in [7, 11) is 0. The fourth-order valence-electron chi connectivity index (χ4n) is 3.42. The topological polar surface area (TPSA) is 128 Å². The summed E-state index contributed by atoms with van der Waals surface area (Å²) >= 11 is 2.66. The van der Waals surface area contributed by atoms with E-state index in [4.69, 9.17) is 10.5 Å². The van der Waals surface area contributed by atoms with E-state index in [9.17, 15) is 19.2 Å². The monoisotopic (exact) mass is 469 g/mol. The minimum atomic E-state index is -0.680. The molecule has 0 unspecified atom stereocenters. The van der Waals surface area contributed by atoms with Crippen molar-refractivity contribution in [1.29, 1.82) is 0 Å². The molecule has 0 atom stereocenters. The number of fused-ring (bicyclic) bond motifs is 1. The molecule has 0 fully saturated rings. The molecule has 164 valence electrons. The number of benzene rings is 1. The van der Waals surface area contributed by atoms with E-state index in [1.165, 1.54) is 34.8 Å². The first-order valence-electron chi connectivity index (χ1n) is 9.78. The van der Waals surface area contributed by atoms with Crippen LogP contribution in [0.4, 0.5) is 10.7 Å². The molecule has 3 amide bonds. The highest BCUT2D eigenvalue weighted by atomic mass is 32.1. The molecule has 0 bridgehead atoms. The number of ether oxygens (including phenoxy) is 1. The van der Waals surface area contributed by atoms with Gasteiger partial charge in [-0.1, -0.05) is 6.07 Å². The number of rotatable bonds is 7. The molecule has 1 aliphatic rings. The number of carbonyl (C=O) groups is 4. The minimum Gasteiger partial charge on any atom is -0.452 e. The first-order chi connectivity index (χ1) is 15.4. The number of esters is 1. The average molecular weight is 470 g/mol. The van der Waals surface area contributed by atoms with Gasteiger partial charge in [-0.2, -0.15) is 0 Å². The van der Waals surface area contributed by atoms with Gasteiger partial charge in [-0.25, -0.2) is 4.79 Å². The van der Waals surface area contributed by atoms with E-state index >= 15 is 0 Å². The van der Waals surface area contributed by atoms with E-state index in [0.29, 0.717) is 21.1 Å². The van der Waals surface area contributed by atoms with Crippen molar-refractivity contribution in [2.24, 2.45) is 5.73 Å². The molecule has 0 radical (unpaired) electrons. The molecule has 0 spiro atoms. The predicted molar refractivity (Wildman–Crippen MR) is 122 cm³/mol. The van der Waals surface area contributed by atoms with Crippen molar-refractivity contribution < 1.29 is 23.9 Å². The van der Waals surface area contributed by atoms with Crippen molar-refractivity contribution in [3.63, 3.8) is 0 Å². The van der Waals surface area contributed by atoms with Crippen LogP contribution in [0.5, 0.6) is 0 Å². The Morgan fingerprint density at radius 1 is 1.03 bits per heavy atom. The van der Waals surface area contributed by atoms with E-state index in [-0.39, 0.29) is 11.5 Å². The molecular formula is C22H19N3O5S2. The van der Waals surface area contributed by atoms with Crippen molar-refractivity contribution in [2.75, 3.05) is 17.2 Å². The number of nitrogens with two attached hydrogens (primary N) is 1. The molecule has 4 rings (SSSR count). The molecule has 32 heavy (non-hydrogen) atoms. The lowest BCUT2D eigenvalue weighted by Crippen LogP contribution is -2.22. The summed E-state index contributed by atoms with van der Waals surface area (Å²) in [6, 6.07) is 9.66. The van der Waals surface area contributed by atoms with Gasteiger partial charge in [0.2, 0.25) is 0 Å². The smallest absolute Gasteiger partial charge is 0.338 e. The van der Waals surface area contributed by atoms with Crippen molar-refractivity contribution in [1.82, 2.24) is 0 Å². The van der Waals surface area contributed by atoms with Crippen LogP contribution in [-0.2, 0) is 22.4 Å². The summed E-state index contributed by atoms with van der Waals surface area (Å²) in [5.74, 6) is -2.05. The first-order valence-corrected chi connectivity index (χ1v) is 11.5. The number of carbonyl (C=O) groups excluding carboxylic acids is 4. The van der Waals surface area contributed by atoms with Crippen LogP contribution in [0, 0.1) is 0 Å². The van der Waals surface area contributed by atoms with Gasteiger partial charge in [-0.05, 0) is 60.5 Å². The SMILES string of the molecule is NC(=O)c1c(NC(=O)COC(=O)c2ccc(NC(=O)c3cccs3)cc2)sc2c1CCC2. The maximum atomic E-state index is 12.3. The van der Waals surface area contributed by atoms with Crippen molar-refractivity contribution in [3.05, 3.63) is 68.2 Å². The quantitative estimate of drug-likeness (QED) is 0.457. The highest BCUT2D eigenvalue weighted by Crippen LogP contribution is 2.38. The molecule has 8 nitrogen and oxygen atoms in total. The lowest BCUT2D eigenvalue weighted by atomic mass is 10.1. The van der Waals surface area contributed by atoms with E-state index in [0.717, 1.165) is 29.7 Å². The third-order valence-electron chi connectivity index (χ3n) is 4.88. The molecule has 4 N–H and O–H groups in total. The molecule has 0 saturated carbocycles. The van der Waals surface area contributed by atoms with Crippen LogP contribution >= 0.6 is 22.7 Å². The molecule has 2 aromatic heterocycles. The van der Waals surface area contributed by atoms with Gasteiger partial charge in [0.15, 0.2) is 6.61 Å². The summed E-state index contributed by atoms with van der Waals surface area (Å²) in [5.41, 5.74) is 7.50. The van der Waals surface area contributed by atoms with Crippen LogP contribution in [0.15, 0.2) is 41.8 Å². The second-order valence-corrected chi connectivity index (χ2v) is 9.11. The van der Waals surface area contributed by atoms with Gasteiger partial charge in [0.25, 0.3) is 17.7 Å². The van der Waals surface area contributed by atoms with E-state index < -0.39 is 24.4 Å². The number of primary amides is 1. The zero-order valence-electron chi connectivity index (χ0n) is 16.8. The fourth-order valence-corrected chi connectivity index (χ4v) is 5.35. The number of hydrogen-bond donors (Lipinski definition) is 3. The Kier molecular flexibility index (Phi) is 6.33. The first kappa shape index (κ1) is 21.7. The predicted octanol–water partition coefficient (Wildman–Crippen LogP) is 3.45. The third-order valence-corrected chi connectivity index (χ3v) is 6.95. The summed E-state index contributed by atoms with van der Waals surface area (Å²) in [4.78, 5) is 50.0. The zero-order chi connectivity index (χ0) is 22.7. The Labute approximate surface area is 191 Å². The highest BCUT2D eigenvalue weighted by molar-refractivity contribution is 7.17. The molecule has 0 saturated heterocycles. The van der Waals surface area contributed by atoms with Gasteiger partial charge in [0, 0.05) is 10.6 Å². The third kappa shape index (κ3) is 4.71. The molecule has 1 aliphatic carbocycles. The standard InChI is InChI=1S/C22H19N3O5S2/c23-19(27)18-14-3-1-4-15(14)32-21(18)25-17(26)11-30-22(29)12-6-8-13(9-7-12)24-20(28)16-5-2-10-31-16/h2,5-10H,1,3-4,11H2,(H2,23,27)(H,24,28)(H,25,26). The van der Waals surface area contributed by atoms with Crippen molar-refractivity contribution >= 4 is 57.1 Å². The van der Waals surface area contributed by atoms with Crippen molar-refractivity contribution in [2.45, 2.75) is 19.3 Å². The molecular weight excluding hydrogens is 450 g/mol. The number of nitrogens with one attached hydrogen (secondary N) is 2. The highest BCUT2D eigenvalue weighted by Gasteiger charge is 2.26. The summed E-state index contributed by atoms with van der Waals surface area (Å²) in [6.45, 7) is -0.504. The van der Waals surface area contributed by atoms with Crippen LogP contribution in [0.2, 0.25) is 0 Å². The summed E-state index contributed by atoms with van der Waals surface area (Å²) in [6.07, 6.45) is 2.58. The van der Waals surface area contributed by atoms with Gasteiger partial charge >= 0.3 is 5.97 Å². The Balaban J connectivity index is 1.31. The van der Waals surface area contributed by atoms with Gasteiger partial charge in [0.1, 0.15) is 5.00 Å². The molecule has 1 aromatic carbocycles. The van der Waals surface area contributed by atoms with Crippen LogP contribution < -0.4 is 16.4 Å². The zero-order valence-corrected chi connectivity index (χ0v) is 18.4. The van der Waals surface area contributed by atoms with Crippen molar-refractivity contribution in [3.8, 4) is 0 Å². The number of amides is 3. The Morgan fingerprint density at radius 2 is 1.81 bits per heavy atom. The molecule has 2 heterocycles. The summed E-state index contributed by atoms with van der Waals surface area (Å²) in [5, 5.41) is 7.57. The second-order valence-electron chi connectivity index (χ2n) is 7.06. The van der Waals surface area contributed by atoms with Crippen LogP contribution in [0.25, 0.3) is 0 Å². The minimum absolute atomic E-state index is 0.234. The number of thiophene rings is 2. The molecule has 0 aliphatic heterocycles. The maximum absolute atomic E-state index is 12.3. The van der Waals surface area contributed by atoms with E-state index in [2.05, 4.69) is 10.6 Å². The lowest BCUT2D eigenvalue weighted by Gasteiger charge is -2.08. The Hall–Kier alpha value is -3.50. The van der Waals surface area contributed by atoms with Gasteiger partial charge in [0.05, 0.1) is 16.0 Å². The largest absolute Gasteiger partial charge is 0.452 e. The Bertz CT molecular complexity index is 1180. The number of aryl methyl sites for hydroxylation is 1. The van der Waals surface area contributed by atoms with Gasteiger partial charge < -0.3 is 21.1 Å². The van der Waals surface area contributed by atoms with Gasteiger partial charge in [-0.3, -0.25) is 14.4 Å². The van der Waals surface area contributed by atoms with Crippen LogP contribution in [0.1, 0.15) is 47.2 Å². The number of anilines is 2. The van der Waals surface area contributed by atoms with Crippen LogP contribution in [-0.4, -0.2) is 30.3 Å². The lowest BCUT2D eigenvalue weighted by molar-refractivity contribution is -0.119. The molecule has 10 heteroatoms. The molecule has 3 aromatic rings.